The van der Waals surface area contributed by atoms with E-state index in [-0.39, 0.29) is 16.8 Å². The largest absolute Gasteiger partial charge is 0.465 e. The fraction of sp³-hybridized carbons (Fsp3) is 0.464. The Morgan fingerprint density at radius 3 is 2.20 bits per heavy atom. The van der Waals surface area contributed by atoms with Gasteiger partial charge in [-0.05, 0) is 82.5 Å². The molecule has 0 aromatic heterocycles. The number of benzene rings is 2. The molecule has 0 amide bonds. The molecule has 0 fully saturated rings. The third-order valence-electron chi connectivity index (χ3n) is 6.52. The summed E-state index contributed by atoms with van der Waals surface area (Å²) in [6.07, 6.45) is 6.93. The lowest BCUT2D eigenvalue weighted by Gasteiger charge is -2.22. The number of rotatable bonds is 6. The van der Waals surface area contributed by atoms with Crippen LogP contribution in [-0.4, -0.2) is 13.1 Å². The summed E-state index contributed by atoms with van der Waals surface area (Å²) in [6, 6.07) is 12.6. The van der Waals surface area contributed by atoms with E-state index in [9.17, 15) is 4.79 Å². The van der Waals surface area contributed by atoms with Crippen LogP contribution in [0.1, 0.15) is 99.0 Å². The number of hydrogen-bond acceptors (Lipinski definition) is 2. The fourth-order valence-electron chi connectivity index (χ4n) is 5.16. The van der Waals surface area contributed by atoms with Gasteiger partial charge in [-0.25, -0.2) is 4.79 Å². The van der Waals surface area contributed by atoms with Gasteiger partial charge >= 0.3 is 5.97 Å². The zero-order valence-electron chi connectivity index (χ0n) is 19.7. The first-order valence-corrected chi connectivity index (χ1v) is 11.1. The van der Waals surface area contributed by atoms with Crippen molar-refractivity contribution >= 4 is 17.6 Å². The van der Waals surface area contributed by atoms with Crippen molar-refractivity contribution in [3.8, 4) is 0 Å². The van der Waals surface area contributed by atoms with Crippen molar-refractivity contribution in [1.82, 2.24) is 0 Å². The average Bonchev–Trinajstić information content (AvgIpc) is 2.88. The van der Waals surface area contributed by atoms with Crippen LogP contribution in [0.3, 0.4) is 0 Å². The SMILES string of the molecule is CCCCc1cc2c(cc1C(C)=Cc1ccc(C(=O)OC)cc1)C(C)(C)CC2(C)C. The number of carbonyl (C=O) groups is 1. The third-order valence-corrected chi connectivity index (χ3v) is 6.52. The van der Waals surface area contributed by atoms with E-state index < -0.39 is 0 Å². The first-order chi connectivity index (χ1) is 14.1. The van der Waals surface area contributed by atoms with Crippen molar-refractivity contribution in [2.75, 3.05) is 7.11 Å². The zero-order chi connectivity index (χ0) is 22.1. The van der Waals surface area contributed by atoms with Crippen molar-refractivity contribution in [3.63, 3.8) is 0 Å². The summed E-state index contributed by atoms with van der Waals surface area (Å²) in [5.74, 6) is -0.299. The number of allylic oxidation sites excluding steroid dienone is 1. The normalized spacial score (nSPS) is 17.0. The predicted octanol–water partition coefficient (Wildman–Crippen LogP) is 7.34. The van der Waals surface area contributed by atoms with Crippen LogP contribution >= 0.6 is 0 Å². The number of unbranched alkanes of at least 4 members (excludes halogenated alkanes) is 1. The van der Waals surface area contributed by atoms with E-state index in [0.717, 1.165) is 12.0 Å². The molecule has 2 nitrogen and oxygen atoms in total. The van der Waals surface area contributed by atoms with Gasteiger partial charge in [0.05, 0.1) is 12.7 Å². The van der Waals surface area contributed by atoms with Crippen molar-refractivity contribution in [3.05, 3.63) is 69.8 Å². The van der Waals surface area contributed by atoms with Crippen molar-refractivity contribution in [2.45, 2.75) is 78.1 Å². The van der Waals surface area contributed by atoms with E-state index in [4.69, 9.17) is 4.74 Å². The molecular formula is C28H36O2. The molecule has 0 bridgehead atoms. The predicted molar refractivity (Wildman–Crippen MR) is 127 cm³/mol. The molecule has 0 radical (unpaired) electrons. The average molecular weight is 405 g/mol. The van der Waals surface area contributed by atoms with Crippen LogP contribution in [0.25, 0.3) is 11.6 Å². The molecule has 0 aliphatic heterocycles. The Labute approximate surface area is 182 Å². The van der Waals surface area contributed by atoms with Crippen LogP contribution in [0.2, 0.25) is 0 Å². The minimum absolute atomic E-state index is 0.194. The second-order valence-electron chi connectivity index (χ2n) is 10.0. The number of carbonyl (C=O) groups excluding carboxylic acids is 1. The number of hydrogen-bond donors (Lipinski definition) is 0. The fourth-order valence-corrected chi connectivity index (χ4v) is 5.16. The molecule has 160 valence electrons. The van der Waals surface area contributed by atoms with Gasteiger partial charge in [-0.1, -0.05) is 71.4 Å². The second-order valence-corrected chi connectivity index (χ2v) is 10.0. The van der Waals surface area contributed by atoms with E-state index >= 15 is 0 Å². The highest BCUT2D eigenvalue weighted by atomic mass is 16.5. The molecular weight excluding hydrogens is 368 g/mol. The molecule has 0 heterocycles. The Bertz CT molecular complexity index is 959. The summed E-state index contributed by atoms with van der Waals surface area (Å²) in [4.78, 5) is 11.7. The maximum atomic E-state index is 11.7. The Kier molecular flexibility index (Phi) is 6.26. The van der Waals surface area contributed by atoms with Gasteiger partial charge < -0.3 is 4.74 Å². The highest BCUT2D eigenvalue weighted by molar-refractivity contribution is 5.90. The number of ether oxygens (including phenoxy) is 1. The third kappa shape index (κ3) is 4.38. The Morgan fingerprint density at radius 1 is 1.03 bits per heavy atom. The molecule has 1 aliphatic rings. The summed E-state index contributed by atoms with van der Waals surface area (Å²) in [6.45, 7) is 14.0. The molecule has 0 saturated carbocycles. The summed E-state index contributed by atoms with van der Waals surface area (Å²) >= 11 is 0. The van der Waals surface area contributed by atoms with Crippen LogP contribution < -0.4 is 0 Å². The van der Waals surface area contributed by atoms with Gasteiger partial charge in [0.15, 0.2) is 0 Å². The highest BCUT2D eigenvalue weighted by Gasteiger charge is 2.42. The van der Waals surface area contributed by atoms with Crippen molar-refractivity contribution in [2.24, 2.45) is 0 Å². The smallest absolute Gasteiger partial charge is 0.337 e. The van der Waals surface area contributed by atoms with E-state index in [2.05, 4.69) is 59.8 Å². The molecule has 3 rings (SSSR count). The van der Waals surface area contributed by atoms with Crippen LogP contribution in [-0.2, 0) is 22.0 Å². The number of fused-ring (bicyclic) bond motifs is 1. The van der Waals surface area contributed by atoms with Crippen LogP contribution in [0.15, 0.2) is 36.4 Å². The lowest BCUT2D eigenvalue weighted by atomic mass is 9.82. The lowest BCUT2D eigenvalue weighted by Crippen LogP contribution is -2.18. The molecule has 30 heavy (non-hydrogen) atoms. The van der Waals surface area contributed by atoms with Gasteiger partial charge in [0.1, 0.15) is 0 Å². The van der Waals surface area contributed by atoms with E-state index in [1.807, 2.05) is 24.3 Å². The first-order valence-electron chi connectivity index (χ1n) is 11.1. The van der Waals surface area contributed by atoms with E-state index in [1.165, 1.54) is 54.2 Å². The quantitative estimate of drug-likeness (QED) is 0.372. The van der Waals surface area contributed by atoms with Crippen molar-refractivity contribution in [1.29, 1.82) is 0 Å². The van der Waals surface area contributed by atoms with Crippen LogP contribution in [0, 0.1) is 0 Å². The Morgan fingerprint density at radius 2 is 1.63 bits per heavy atom. The maximum absolute atomic E-state index is 11.7. The van der Waals surface area contributed by atoms with Crippen LogP contribution in [0.4, 0.5) is 0 Å². The van der Waals surface area contributed by atoms with E-state index in [0.29, 0.717) is 5.56 Å². The van der Waals surface area contributed by atoms with Gasteiger partial charge in [0.2, 0.25) is 0 Å². The topological polar surface area (TPSA) is 26.3 Å². The summed E-state index contributed by atoms with van der Waals surface area (Å²) in [7, 11) is 1.41. The number of methoxy groups -OCH3 is 1. The van der Waals surface area contributed by atoms with Gasteiger partial charge in [-0.3, -0.25) is 0 Å². The Hall–Kier alpha value is -2.35. The highest BCUT2D eigenvalue weighted by Crippen LogP contribution is 2.50. The first kappa shape index (κ1) is 22.3. The summed E-state index contributed by atoms with van der Waals surface area (Å²) in [5.41, 5.74) is 9.22. The minimum Gasteiger partial charge on any atom is -0.465 e. The lowest BCUT2D eigenvalue weighted by molar-refractivity contribution is 0.0600. The molecule has 2 aromatic carbocycles. The molecule has 0 atom stereocenters. The summed E-state index contributed by atoms with van der Waals surface area (Å²) < 4.78 is 4.80. The molecule has 0 saturated heterocycles. The zero-order valence-corrected chi connectivity index (χ0v) is 19.7. The molecule has 0 N–H and O–H groups in total. The summed E-state index contributed by atoms with van der Waals surface area (Å²) in [5, 5.41) is 0. The van der Waals surface area contributed by atoms with Crippen molar-refractivity contribution < 1.29 is 9.53 Å². The molecule has 2 heteroatoms. The molecule has 0 unspecified atom stereocenters. The van der Waals surface area contributed by atoms with Gasteiger partial charge in [0, 0.05) is 0 Å². The number of esters is 1. The molecule has 1 aliphatic carbocycles. The number of aryl methyl sites for hydroxylation is 1. The van der Waals surface area contributed by atoms with Gasteiger partial charge in [-0.15, -0.1) is 0 Å². The minimum atomic E-state index is -0.299. The monoisotopic (exact) mass is 404 g/mol. The maximum Gasteiger partial charge on any atom is 0.337 e. The van der Waals surface area contributed by atoms with Gasteiger partial charge in [-0.2, -0.15) is 0 Å². The molecule has 2 aromatic rings. The standard InChI is InChI=1S/C28H36O2/c1-8-9-10-22-16-24-25(28(5,6)18-27(24,3)4)17-23(22)19(2)15-20-11-13-21(14-12-20)26(29)30-7/h11-17H,8-10,18H2,1-7H3. The van der Waals surface area contributed by atoms with E-state index in [1.54, 1.807) is 0 Å². The second kappa shape index (κ2) is 8.41. The Balaban J connectivity index is 2.05. The van der Waals surface area contributed by atoms with Gasteiger partial charge in [0.25, 0.3) is 0 Å². The molecule has 0 spiro atoms. The van der Waals surface area contributed by atoms with Crippen LogP contribution in [0.5, 0.6) is 0 Å².